The van der Waals surface area contributed by atoms with Gasteiger partial charge < -0.3 is 107 Å². The lowest BCUT2D eigenvalue weighted by atomic mass is 9.78. The topological polar surface area (TPSA) is 419 Å². The lowest BCUT2D eigenvalue weighted by Crippen LogP contribution is -2.61. The van der Waals surface area contributed by atoms with Gasteiger partial charge in [0.1, 0.15) is 54.4 Å². The summed E-state index contributed by atoms with van der Waals surface area (Å²) < 4.78 is 113. The highest BCUT2D eigenvalue weighted by atomic mass is 32.2. The van der Waals surface area contributed by atoms with Crippen LogP contribution in [-0.4, -0.2) is 301 Å². The van der Waals surface area contributed by atoms with Crippen LogP contribution < -0.4 is 21.1 Å². The van der Waals surface area contributed by atoms with Gasteiger partial charge >= 0.3 is 12.1 Å². The number of esters is 1. The first-order valence-corrected chi connectivity index (χ1v) is 47.0. The molecular weight excluding hydrogens is 1690 g/mol. The SMILES string of the molecule is CO[C@H]1C[C@@H]2CC[C@@H](C)[C@@](O)(O2)C(=O)C(=O)N2CCCC[C@H]2C(=O)O[C@H]([C@H](C)C[C@@H]2CC[C@@H](OC(=O)NCCOCCOCCOCCOCCOCCOCCOCCOCCC(=O)NCCS(=O)(=O)c3ccc(C(=O)N4CCOc5ccc(-c6ccc(N)nc6)cc5C4)c(C)c3)[C@H](OC)C2)CC(=O)[C@H](C)/C=C(\C)[C@@H](O)[C@@H](OC)C(=O)[C@H](C)C[C@H](C)/C=C/C=CC=C1C. The van der Waals surface area contributed by atoms with Crippen LogP contribution in [0.4, 0.5) is 10.6 Å². The van der Waals surface area contributed by atoms with Crippen LogP contribution in [0.2, 0.25) is 0 Å². The molecule has 1 aliphatic carbocycles. The van der Waals surface area contributed by atoms with Crippen molar-refractivity contribution in [2.45, 2.75) is 205 Å². The number of nitrogens with zero attached hydrogens (tertiary/aromatic N) is 3. The number of aromatic nitrogens is 1. The highest BCUT2D eigenvalue weighted by Gasteiger charge is 2.53. The van der Waals surface area contributed by atoms with E-state index in [9.17, 15) is 57.0 Å². The molecule has 2 bridgehead atoms. The molecule has 718 valence electrons. The molecule has 2 aromatic carbocycles. The number of Topliss-reactive ketones (excluding diaryl/α,β-unsaturated/α-hetero) is 3. The molecule has 1 aromatic heterocycles. The number of allylic oxidation sites excluding steroid dienone is 6. The summed E-state index contributed by atoms with van der Waals surface area (Å²) in [6.07, 6.45) is 10.9. The molecule has 8 rings (SSSR count). The number of ether oxygens (including phenoxy) is 15. The van der Waals surface area contributed by atoms with Gasteiger partial charge in [-0.1, -0.05) is 77.1 Å². The summed E-state index contributed by atoms with van der Waals surface area (Å²) in [6.45, 7) is 20.4. The minimum atomic E-state index is -3.79. The molecule has 3 aromatic rings. The predicted octanol–water partition coefficient (Wildman–Crippen LogP) is 9.01. The van der Waals surface area contributed by atoms with Crippen molar-refractivity contribution in [2.24, 2.45) is 35.5 Å². The van der Waals surface area contributed by atoms with Gasteiger partial charge in [-0.05, 0) is 167 Å². The number of nitrogens with two attached hydrogens (primary N) is 1. The number of piperidine rings is 1. The molecule has 6 N–H and O–H groups in total. The number of aliphatic hydroxyl groups is 2. The number of anilines is 1. The fourth-order valence-corrected chi connectivity index (χ4v) is 17.8. The van der Waals surface area contributed by atoms with Crippen LogP contribution in [0.3, 0.4) is 0 Å². The molecule has 0 radical (unpaired) electrons. The standard InChI is InChI=1S/C95H140N6O27S/c1-63-17-13-12-14-18-64(2)82(114-9)59-75-24-20-70(8)95(111,128-75)90(106)92(108)101-33-16-15-19-78(101)93(109)126-83(60-79(102)66(4)54-69(7)88(105)89(116-11)87(104)68(6)53-63)67(5)55-71-21-27-81(84(57-71)115-10)127-94(110)98-31-36-118-39-41-120-43-45-122-47-49-124-51-50-123-48-46-121-44-42-119-40-38-117-35-30-86(103)97-32-52-129(112,113)76-25-26-77(65(3)56-76)91(107)100-34-37-125-80-28-22-72(58-74(80)62-100)73-23-29-85(96)99-61-73/h12-14,17-18,22-23,25-26,28-29,54,56,58,61,63,66-68,70-71,75,78,81-84,88-89,105,111H,15-16,19-21,24,27,30-53,55,57,59-60,62H2,1-11H3,(H2,96,99)(H,97,103)(H,98,110)/b14-12?,17-13+,64-18?,69-54+/t63-,66-,67-,68-,70-,71+,75+,78+,81-,82+,83+,84-,88-,89+,95-/m1/s1. The number of ketones is 3. The molecule has 4 amide bonds. The summed E-state index contributed by atoms with van der Waals surface area (Å²) in [5, 5.41) is 29.2. The van der Waals surface area contributed by atoms with Crippen molar-refractivity contribution in [3.63, 3.8) is 0 Å². The van der Waals surface area contributed by atoms with E-state index in [2.05, 4.69) is 15.6 Å². The van der Waals surface area contributed by atoms with Gasteiger partial charge in [0, 0.05) is 107 Å². The van der Waals surface area contributed by atoms with Gasteiger partial charge in [0.2, 0.25) is 11.7 Å². The number of amides is 4. The maximum absolute atomic E-state index is 14.7. The van der Waals surface area contributed by atoms with Gasteiger partial charge in [0.05, 0.1) is 141 Å². The third-order valence-electron chi connectivity index (χ3n) is 24.2. The fraction of sp³-hybridized carbons (Fsp3) is 0.653. The number of aryl methyl sites for hydroxylation is 1. The van der Waals surface area contributed by atoms with Gasteiger partial charge in [-0.15, -0.1) is 0 Å². The number of benzene rings is 2. The second-order valence-corrected chi connectivity index (χ2v) is 36.2. The molecule has 129 heavy (non-hydrogen) atoms. The van der Waals surface area contributed by atoms with Crippen molar-refractivity contribution in [3.8, 4) is 16.9 Å². The number of hydrogen-bond donors (Lipinski definition) is 5. The molecule has 5 heterocycles. The molecule has 0 spiro atoms. The van der Waals surface area contributed by atoms with E-state index in [0.29, 0.717) is 185 Å². The fourth-order valence-electron chi connectivity index (χ4n) is 16.5. The van der Waals surface area contributed by atoms with E-state index in [-0.39, 0.29) is 118 Å². The number of hydrogen-bond acceptors (Lipinski definition) is 29. The van der Waals surface area contributed by atoms with Crippen molar-refractivity contribution in [3.05, 3.63) is 119 Å². The number of carbonyl (C=O) groups is 8. The van der Waals surface area contributed by atoms with Gasteiger partial charge in [0.25, 0.3) is 17.6 Å². The lowest BCUT2D eigenvalue weighted by Gasteiger charge is -2.42. The monoisotopic (exact) mass is 1830 g/mol. The maximum atomic E-state index is 14.7. The van der Waals surface area contributed by atoms with Crippen LogP contribution in [0.15, 0.2) is 107 Å². The quantitative estimate of drug-likeness (QED) is 0.0153. The highest BCUT2D eigenvalue weighted by Crippen LogP contribution is 2.39. The summed E-state index contributed by atoms with van der Waals surface area (Å²) in [7, 11) is 0.687. The number of pyridine rings is 1. The van der Waals surface area contributed by atoms with Crippen LogP contribution in [0.25, 0.3) is 11.1 Å². The number of methoxy groups -OCH3 is 3. The van der Waals surface area contributed by atoms with Crippen LogP contribution in [0.5, 0.6) is 5.75 Å². The lowest BCUT2D eigenvalue weighted by molar-refractivity contribution is -0.265. The zero-order valence-electron chi connectivity index (χ0n) is 77.1. The Labute approximate surface area is 760 Å². The Kier molecular flexibility index (Phi) is 45.4. The first kappa shape index (κ1) is 106. The first-order valence-electron chi connectivity index (χ1n) is 45.4. The summed E-state index contributed by atoms with van der Waals surface area (Å²) in [5.74, 6) is -8.56. The van der Waals surface area contributed by atoms with Crippen molar-refractivity contribution in [2.75, 3.05) is 171 Å². The smallest absolute Gasteiger partial charge is 0.407 e. The van der Waals surface area contributed by atoms with Crippen molar-refractivity contribution in [1.29, 1.82) is 0 Å². The maximum Gasteiger partial charge on any atom is 0.407 e. The van der Waals surface area contributed by atoms with E-state index >= 15 is 0 Å². The number of fused-ring (bicyclic) bond motifs is 4. The van der Waals surface area contributed by atoms with Gasteiger partial charge in [-0.25, -0.2) is 23.0 Å². The normalized spacial score (nSPS) is 26.1. The highest BCUT2D eigenvalue weighted by molar-refractivity contribution is 7.91. The average molecular weight is 1830 g/mol. The Bertz CT molecular complexity index is 4300. The van der Waals surface area contributed by atoms with Crippen molar-refractivity contribution >= 4 is 62.8 Å². The molecule has 5 aliphatic rings. The van der Waals surface area contributed by atoms with Crippen LogP contribution in [-0.2, 0) is 111 Å². The average Bonchev–Trinajstić information content (AvgIpc) is 1.08. The van der Waals surface area contributed by atoms with Crippen LogP contribution >= 0.6 is 0 Å². The Balaban J connectivity index is 0.643. The summed E-state index contributed by atoms with van der Waals surface area (Å²) in [5.41, 5.74) is 10.5. The third kappa shape index (κ3) is 34.0. The number of carbonyl (C=O) groups excluding carboxylic acids is 8. The Morgan fingerprint density at radius 1 is 0.682 bits per heavy atom. The Morgan fingerprint density at radius 2 is 1.33 bits per heavy atom. The van der Waals surface area contributed by atoms with Crippen LogP contribution in [0, 0.1) is 42.4 Å². The number of cyclic esters (lactones) is 1. The Hall–Kier alpha value is -8.30. The molecule has 1 saturated carbocycles. The number of sulfone groups is 1. The number of aliphatic hydroxyl groups excluding tert-OH is 1. The summed E-state index contributed by atoms with van der Waals surface area (Å²) >= 11 is 0. The van der Waals surface area contributed by atoms with E-state index in [1.807, 2.05) is 75.4 Å². The number of nitrogens with one attached hydrogen (secondary N) is 2. The van der Waals surface area contributed by atoms with Gasteiger partial charge in [-0.3, -0.25) is 28.8 Å². The molecule has 34 heteroatoms. The zero-order chi connectivity index (χ0) is 93.4. The van der Waals surface area contributed by atoms with Crippen molar-refractivity contribution in [1.82, 2.24) is 25.4 Å². The molecule has 2 saturated heterocycles. The summed E-state index contributed by atoms with van der Waals surface area (Å²) in [4.78, 5) is 119. The van der Waals surface area contributed by atoms with E-state index in [1.165, 1.54) is 30.2 Å². The third-order valence-corrected chi connectivity index (χ3v) is 25.9. The van der Waals surface area contributed by atoms with E-state index < -0.39 is 112 Å². The minimum absolute atomic E-state index is 0.0229. The second kappa shape index (κ2) is 55.3. The summed E-state index contributed by atoms with van der Waals surface area (Å²) in [6, 6.07) is 12.6. The van der Waals surface area contributed by atoms with Gasteiger partial charge in [0.15, 0.2) is 15.6 Å². The molecule has 15 atom stereocenters. The molecular formula is C95H140N6O27S. The largest absolute Gasteiger partial charge is 0.491 e. The molecule has 3 fully saturated rings. The molecule has 0 unspecified atom stereocenters. The zero-order valence-corrected chi connectivity index (χ0v) is 77.9. The van der Waals surface area contributed by atoms with Crippen LogP contribution in [0.1, 0.15) is 153 Å². The number of alkyl carbamates (subject to hydrolysis) is 1. The molecule has 33 nitrogen and oxygen atoms in total. The minimum Gasteiger partial charge on any atom is -0.491 e. The number of rotatable bonds is 40. The van der Waals surface area contributed by atoms with E-state index in [1.54, 1.807) is 72.1 Å². The van der Waals surface area contributed by atoms with Gasteiger partial charge in [-0.2, -0.15) is 0 Å². The number of nitrogen functional groups attached to an aromatic ring is 1. The van der Waals surface area contributed by atoms with E-state index in [0.717, 1.165) is 22.3 Å². The Morgan fingerprint density at radius 3 is 1.96 bits per heavy atom. The molecule has 4 aliphatic heterocycles. The van der Waals surface area contributed by atoms with Crippen molar-refractivity contribution < 1.29 is 128 Å². The predicted molar refractivity (Wildman–Crippen MR) is 479 cm³/mol. The van der Waals surface area contributed by atoms with E-state index in [4.69, 9.17) is 76.8 Å². The second-order valence-electron chi connectivity index (χ2n) is 34.1. The first-order chi connectivity index (χ1) is 61.9.